The van der Waals surface area contributed by atoms with Gasteiger partial charge in [-0.05, 0) is 36.8 Å². The zero-order valence-electron chi connectivity index (χ0n) is 11.0. The molecule has 0 spiro atoms. The number of benzene rings is 1. The molecule has 0 unspecified atom stereocenters. The summed E-state index contributed by atoms with van der Waals surface area (Å²) in [6.07, 6.45) is 1.44. The van der Waals surface area contributed by atoms with Crippen LogP contribution in [-0.2, 0) is 0 Å². The second kappa shape index (κ2) is 5.32. The number of fused-ring (bicyclic) bond motifs is 1. The maximum Gasteiger partial charge on any atom is 0.222 e. The summed E-state index contributed by atoms with van der Waals surface area (Å²) in [7, 11) is 0. The number of Topliss-reactive ketones (excluding diaryl/α,β-unsaturated/α-hetero) is 1. The lowest BCUT2D eigenvalue weighted by atomic mass is 10.0. The predicted octanol–water partition coefficient (Wildman–Crippen LogP) is 4.34. The predicted molar refractivity (Wildman–Crippen MR) is 80.8 cm³/mol. The monoisotopic (exact) mass is 316 g/mol. The Morgan fingerprint density at radius 2 is 2.29 bits per heavy atom. The van der Waals surface area contributed by atoms with Crippen LogP contribution in [0.3, 0.4) is 0 Å². The number of furan rings is 1. The van der Waals surface area contributed by atoms with Gasteiger partial charge in [0, 0.05) is 5.02 Å². The van der Waals surface area contributed by atoms with Crippen LogP contribution in [0.25, 0.3) is 10.2 Å². The molecule has 6 heteroatoms. The van der Waals surface area contributed by atoms with E-state index < -0.39 is 5.92 Å². The van der Waals surface area contributed by atoms with Crippen LogP contribution in [0.5, 0.6) is 0 Å². The van der Waals surface area contributed by atoms with Crippen molar-refractivity contribution in [2.75, 3.05) is 0 Å². The molecule has 21 heavy (non-hydrogen) atoms. The van der Waals surface area contributed by atoms with Crippen LogP contribution in [0.1, 0.15) is 27.0 Å². The first kappa shape index (κ1) is 13.8. The summed E-state index contributed by atoms with van der Waals surface area (Å²) in [5.74, 6) is -1.13. The molecular weight excluding hydrogens is 308 g/mol. The van der Waals surface area contributed by atoms with Gasteiger partial charge in [-0.15, -0.1) is 11.3 Å². The lowest BCUT2D eigenvalue weighted by Crippen LogP contribution is -2.11. The zero-order chi connectivity index (χ0) is 15.0. The van der Waals surface area contributed by atoms with Crippen LogP contribution < -0.4 is 0 Å². The van der Waals surface area contributed by atoms with Gasteiger partial charge in [-0.1, -0.05) is 11.6 Å². The van der Waals surface area contributed by atoms with E-state index in [0.29, 0.717) is 21.1 Å². The summed E-state index contributed by atoms with van der Waals surface area (Å²) < 4.78 is 6.07. The SMILES string of the molecule is Cc1ccoc1C(=O)[C@H](C#N)c1nc2cc(Cl)ccc2s1. The highest BCUT2D eigenvalue weighted by molar-refractivity contribution is 7.18. The quantitative estimate of drug-likeness (QED) is 0.674. The first-order valence-corrected chi connectivity index (χ1v) is 7.33. The van der Waals surface area contributed by atoms with Gasteiger partial charge in [0.1, 0.15) is 5.01 Å². The number of aromatic nitrogens is 1. The van der Waals surface area contributed by atoms with Crippen LogP contribution in [0, 0.1) is 18.3 Å². The number of nitrogens with zero attached hydrogens (tertiary/aromatic N) is 2. The standard InChI is InChI=1S/C15H9ClN2O2S/c1-8-4-5-20-14(8)13(19)10(7-17)15-18-11-6-9(16)2-3-12(11)21-15/h2-6,10H,1H3/t10-/m0/s1. The summed E-state index contributed by atoms with van der Waals surface area (Å²) in [5.41, 5.74) is 1.40. The molecule has 0 N–H and O–H groups in total. The second-order valence-electron chi connectivity index (χ2n) is 4.52. The topological polar surface area (TPSA) is 66.9 Å². The first-order valence-electron chi connectivity index (χ1n) is 6.14. The fraction of sp³-hybridized carbons (Fsp3) is 0.133. The van der Waals surface area contributed by atoms with Gasteiger partial charge in [0.15, 0.2) is 11.7 Å². The average Bonchev–Trinajstić information content (AvgIpc) is 3.05. The number of thiazole rings is 1. The number of aryl methyl sites for hydroxylation is 1. The Balaban J connectivity index is 2.04. The molecule has 2 aromatic heterocycles. The highest BCUT2D eigenvalue weighted by Crippen LogP contribution is 2.31. The molecule has 2 heterocycles. The normalized spacial score (nSPS) is 12.2. The summed E-state index contributed by atoms with van der Waals surface area (Å²) in [5, 5.41) is 10.4. The van der Waals surface area contributed by atoms with Crippen molar-refractivity contribution in [1.82, 2.24) is 4.98 Å². The minimum absolute atomic E-state index is 0.207. The third kappa shape index (κ3) is 2.44. The third-order valence-electron chi connectivity index (χ3n) is 3.09. The van der Waals surface area contributed by atoms with Gasteiger partial charge >= 0.3 is 0 Å². The summed E-state index contributed by atoms with van der Waals surface area (Å²) in [6.45, 7) is 1.77. The van der Waals surface area contributed by atoms with Crippen molar-refractivity contribution < 1.29 is 9.21 Å². The Hall–Kier alpha value is -2.16. The van der Waals surface area contributed by atoms with Crippen molar-refractivity contribution >= 4 is 38.9 Å². The highest BCUT2D eigenvalue weighted by atomic mass is 35.5. The smallest absolute Gasteiger partial charge is 0.222 e. The molecule has 0 aliphatic heterocycles. The van der Waals surface area contributed by atoms with Crippen molar-refractivity contribution in [3.63, 3.8) is 0 Å². The van der Waals surface area contributed by atoms with Crippen LogP contribution in [0.15, 0.2) is 34.9 Å². The van der Waals surface area contributed by atoms with E-state index in [0.717, 1.165) is 4.70 Å². The molecule has 0 aliphatic carbocycles. The molecule has 0 saturated carbocycles. The largest absolute Gasteiger partial charge is 0.461 e. The van der Waals surface area contributed by atoms with Crippen LogP contribution >= 0.6 is 22.9 Å². The molecule has 3 rings (SSSR count). The van der Waals surface area contributed by atoms with Crippen LogP contribution in [0.2, 0.25) is 5.02 Å². The fourth-order valence-electron chi connectivity index (χ4n) is 2.02. The van der Waals surface area contributed by atoms with Crippen molar-refractivity contribution in [3.8, 4) is 6.07 Å². The summed E-state index contributed by atoms with van der Waals surface area (Å²) in [4.78, 5) is 16.8. The van der Waals surface area contributed by atoms with Gasteiger partial charge in [-0.2, -0.15) is 5.26 Å². The number of ketones is 1. The number of hydrogen-bond acceptors (Lipinski definition) is 5. The molecule has 1 atom stereocenters. The summed E-state index contributed by atoms with van der Waals surface area (Å²) >= 11 is 7.24. The Morgan fingerprint density at radius 1 is 1.48 bits per heavy atom. The molecule has 0 saturated heterocycles. The summed E-state index contributed by atoms with van der Waals surface area (Å²) in [6, 6.07) is 9.01. The maximum absolute atomic E-state index is 12.4. The van der Waals surface area contributed by atoms with Crippen molar-refractivity contribution in [1.29, 1.82) is 5.26 Å². The Labute approximate surface area is 129 Å². The van der Waals surface area contributed by atoms with E-state index in [4.69, 9.17) is 16.0 Å². The molecule has 0 amide bonds. The number of carbonyl (C=O) groups excluding carboxylic acids is 1. The molecular formula is C15H9ClN2O2S. The van der Waals surface area contributed by atoms with E-state index in [1.54, 1.807) is 25.1 Å². The van der Waals surface area contributed by atoms with Crippen molar-refractivity contribution in [3.05, 3.63) is 51.9 Å². The first-order chi connectivity index (χ1) is 10.1. The van der Waals surface area contributed by atoms with Crippen molar-refractivity contribution in [2.45, 2.75) is 12.8 Å². The van der Waals surface area contributed by atoms with E-state index >= 15 is 0 Å². The minimum Gasteiger partial charge on any atom is -0.461 e. The molecule has 0 aliphatic rings. The van der Waals surface area contributed by atoms with E-state index in [1.807, 2.05) is 12.1 Å². The van der Waals surface area contributed by atoms with Gasteiger partial charge in [-0.3, -0.25) is 4.79 Å². The number of carbonyl (C=O) groups is 1. The molecule has 0 radical (unpaired) electrons. The van der Waals surface area contributed by atoms with Gasteiger partial charge in [0.05, 0.1) is 22.5 Å². The molecule has 3 aromatic rings. The maximum atomic E-state index is 12.4. The number of hydrogen-bond donors (Lipinski definition) is 0. The van der Waals surface area contributed by atoms with E-state index in [2.05, 4.69) is 4.98 Å². The third-order valence-corrected chi connectivity index (χ3v) is 4.43. The lowest BCUT2D eigenvalue weighted by molar-refractivity contribution is 0.0951. The van der Waals surface area contributed by atoms with E-state index in [9.17, 15) is 10.1 Å². The van der Waals surface area contributed by atoms with Crippen LogP contribution in [-0.4, -0.2) is 10.8 Å². The highest BCUT2D eigenvalue weighted by Gasteiger charge is 2.28. The number of halogens is 1. The van der Waals surface area contributed by atoms with Crippen LogP contribution in [0.4, 0.5) is 0 Å². The minimum atomic E-state index is -0.967. The lowest BCUT2D eigenvalue weighted by Gasteiger charge is -2.02. The Morgan fingerprint density at radius 3 is 2.95 bits per heavy atom. The molecule has 0 bridgehead atoms. The molecule has 4 nitrogen and oxygen atoms in total. The number of nitriles is 1. The van der Waals surface area contributed by atoms with E-state index in [-0.39, 0.29) is 11.5 Å². The molecule has 0 fully saturated rings. The van der Waals surface area contributed by atoms with Gasteiger partial charge in [0.2, 0.25) is 5.78 Å². The fourth-order valence-corrected chi connectivity index (χ4v) is 3.18. The van der Waals surface area contributed by atoms with Gasteiger partial charge < -0.3 is 4.42 Å². The van der Waals surface area contributed by atoms with E-state index in [1.165, 1.54) is 17.6 Å². The van der Waals surface area contributed by atoms with Gasteiger partial charge in [0.25, 0.3) is 0 Å². The zero-order valence-corrected chi connectivity index (χ0v) is 12.5. The molecule has 104 valence electrons. The second-order valence-corrected chi connectivity index (χ2v) is 6.02. The Bertz CT molecular complexity index is 875. The average molecular weight is 317 g/mol. The van der Waals surface area contributed by atoms with Crippen molar-refractivity contribution in [2.24, 2.45) is 0 Å². The Kier molecular flexibility index (Phi) is 3.50. The van der Waals surface area contributed by atoms with Gasteiger partial charge in [-0.25, -0.2) is 4.98 Å². The molecule has 1 aromatic carbocycles. The number of rotatable bonds is 3.